The summed E-state index contributed by atoms with van der Waals surface area (Å²) in [6, 6.07) is 10.0. The lowest BCUT2D eigenvalue weighted by molar-refractivity contribution is -0.131. The van der Waals surface area contributed by atoms with E-state index in [9.17, 15) is 14.4 Å². The summed E-state index contributed by atoms with van der Waals surface area (Å²) in [4.78, 5) is 38.1. The Kier molecular flexibility index (Phi) is 6.11. The first kappa shape index (κ1) is 18.4. The van der Waals surface area contributed by atoms with E-state index in [0.717, 1.165) is 0 Å². The number of hydrogen-bond donors (Lipinski definition) is 0. The first-order valence-corrected chi connectivity index (χ1v) is 8.17. The molecule has 25 heavy (non-hydrogen) atoms. The summed E-state index contributed by atoms with van der Waals surface area (Å²) in [5, 5.41) is 0. The lowest BCUT2D eigenvalue weighted by Gasteiger charge is -2.19. The highest BCUT2D eigenvalue weighted by Gasteiger charge is 2.13. The predicted molar refractivity (Wildman–Crippen MR) is 95.4 cm³/mol. The molecule has 0 aliphatic carbocycles. The molecule has 1 aromatic carbocycles. The number of carbonyl (C=O) groups excluding carboxylic acids is 2. The van der Waals surface area contributed by atoms with Crippen LogP contribution in [0.1, 0.15) is 24.2 Å². The number of esters is 1. The highest BCUT2D eigenvalue weighted by atomic mass is 16.5. The number of aromatic nitrogens is 1. The highest BCUT2D eigenvalue weighted by molar-refractivity contribution is 5.89. The molecule has 0 radical (unpaired) electrons. The number of ether oxygens (including phenoxy) is 1. The monoisotopic (exact) mass is 342 g/mol. The van der Waals surface area contributed by atoms with Crippen molar-refractivity contribution in [3.05, 3.63) is 58.5 Å². The van der Waals surface area contributed by atoms with Gasteiger partial charge in [0.1, 0.15) is 6.54 Å². The molecule has 2 aromatic rings. The van der Waals surface area contributed by atoms with Crippen LogP contribution in [0, 0.1) is 0 Å². The summed E-state index contributed by atoms with van der Waals surface area (Å²) < 4.78 is 6.07. The topological polar surface area (TPSA) is 68.6 Å². The molecule has 0 aliphatic heterocycles. The first-order chi connectivity index (χ1) is 12.0. The Morgan fingerprint density at radius 1 is 1.08 bits per heavy atom. The normalized spacial score (nSPS) is 10.4. The van der Waals surface area contributed by atoms with Gasteiger partial charge in [-0.2, -0.15) is 0 Å². The molecule has 132 valence electrons. The average Bonchev–Trinajstić information content (AvgIpc) is 2.64. The standard InChI is InChI=1S/C19H22N2O4/c1-4-20(5-2)17(22)13-21-12-6-7-16(18(21)23)14-8-10-15(11-9-14)19(24)25-3/h6-12H,4-5,13H2,1-3H3. The number of benzene rings is 1. The fourth-order valence-corrected chi connectivity index (χ4v) is 2.61. The molecule has 6 heteroatoms. The number of amides is 1. The second-order valence-electron chi connectivity index (χ2n) is 5.49. The van der Waals surface area contributed by atoms with Crippen LogP contribution in [-0.2, 0) is 16.1 Å². The predicted octanol–water partition coefficient (Wildman–Crippen LogP) is 2.17. The maximum Gasteiger partial charge on any atom is 0.337 e. The zero-order valence-corrected chi connectivity index (χ0v) is 14.7. The van der Waals surface area contributed by atoms with Gasteiger partial charge in [0.2, 0.25) is 5.91 Å². The molecule has 0 spiro atoms. The molecule has 0 saturated carbocycles. The Morgan fingerprint density at radius 3 is 2.28 bits per heavy atom. The second kappa shape index (κ2) is 8.28. The van der Waals surface area contributed by atoms with Crippen molar-refractivity contribution in [1.29, 1.82) is 0 Å². The minimum absolute atomic E-state index is 0.00853. The summed E-state index contributed by atoms with van der Waals surface area (Å²) in [5.41, 5.74) is 1.33. The fraction of sp³-hybridized carbons (Fsp3) is 0.316. The van der Waals surface area contributed by atoms with E-state index in [4.69, 9.17) is 0 Å². The number of hydrogen-bond acceptors (Lipinski definition) is 4. The van der Waals surface area contributed by atoms with Crippen molar-refractivity contribution >= 4 is 11.9 Å². The maximum absolute atomic E-state index is 12.7. The van der Waals surface area contributed by atoms with Crippen LogP contribution in [0.3, 0.4) is 0 Å². The van der Waals surface area contributed by atoms with Crippen molar-refractivity contribution in [3.63, 3.8) is 0 Å². The van der Waals surface area contributed by atoms with E-state index in [2.05, 4.69) is 4.74 Å². The minimum atomic E-state index is -0.429. The summed E-state index contributed by atoms with van der Waals surface area (Å²) in [6.45, 7) is 5.04. The number of carbonyl (C=O) groups is 2. The molecular formula is C19H22N2O4. The molecule has 0 atom stereocenters. The van der Waals surface area contributed by atoms with Crippen molar-refractivity contribution in [3.8, 4) is 11.1 Å². The SMILES string of the molecule is CCN(CC)C(=O)Cn1cccc(-c2ccc(C(=O)OC)cc2)c1=O. The van der Waals surface area contributed by atoms with Crippen molar-refractivity contribution in [2.45, 2.75) is 20.4 Å². The van der Waals surface area contributed by atoms with Crippen molar-refractivity contribution < 1.29 is 14.3 Å². The van der Waals surface area contributed by atoms with Gasteiger partial charge in [0.15, 0.2) is 0 Å². The van der Waals surface area contributed by atoms with Crippen LogP contribution in [0.25, 0.3) is 11.1 Å². The van der Waals surface area contributed by atoms with E-state index in [1.165, 1.54) is 11.7 Å². The molecule has 0 unspecified atom stereocenters. The van der Waals surface area contributed by atoms with Crippen LogP contribution >= 0.6 is 0 Å². The molecular weight excluding hydrogens is 320 g/mol. The van der Waals surface area contributed by atoms with Crippen LogP contribution in [-0.4, -0.2) is 41.5 Å². The summed E-state index contributed by atoms with van der Waals surface area (Å²) in [5.74, 6) is -0.521. The molecule has 2 rings (SSSR count). The smallest absolute Gasteiger partial charge is 0.337 e. The lowest BCUT2D eigenvalue weighted by atomic mass is 10.1. The van der Waals surface area contributed by atoms with E-state index in [0.29, 0.717) is 29.8 Å². The Morgan fingerprint density at radius 2 is 1.72 bits per heavy atom. The van der Waals surface area contributed by atoms with Crippen LogP contribution in [0.4, 0.5) is 0 Å². The molecule has 1 heterocycles. The van der Waals surface area contributed by atoms with E-state index in [1.807, 2.05) is 13.8 Å². The largest absolute Gasteiger partial charge is 0.465 e. The van der Waals surface area contributed by atoms with Gasteiger partial charge in [-0.3, -0.25) is 9.59 Å². The minimum Gasteiger partial charge on any atom is -0.465 e. The van der Waals surface area contributed by atoms with E-state index in [1.54, 1.807) is 47.5 Å². The molecule has 0 N–H and O–H groups in total. The van der Waals surface area contributed by atoms with E-state index in [-0.39, 0.29) is 18.0 Å². The van der Waals surface area contributed by atoms with Crippen molar-refractivity contribution in [2.24, 2.45) is 0 Å². The highest BCUT2D eigenvalue weighted by Crippen LogP contribution is 2.16. The van der Waals surface area contributed by atoms with Gasteiger partial charge in [0.05, 0.1) is 12.7 Å². The van der Waals surface area contributed by atoms with Gasteiger partial charge in [-0.25, -0.2) is 4.79 Å². The Balaban J connectivity index is 2.31. The van der Waals surface area contributed by atoms with Gasteiger partial charge in [0, 0.05) is 24.8 Å². The van der Waals surface area contributed by atoms with Crippen LogP contribution in [0.2, 0.25) is 0 Å². The zero-order valence-electron chi connectivity index (χ0n) is 14.7. The summed E-state index contributed by atoms with van der Waals surface area (Å²) in [7, 11) is 1.32. The molecule has 0 saturated heterocycles. The molecule has 6 nitrogen and oxygen atoms in total. The number of pyridine rings is 1. The third-order valence-corrected chi connectivity index (χ3v) is 4.06. The molecule has 0 aliphatic rings. The van der Waals surface area contributed by atoms with Gasteiger partial charge in [-0.15, -0.1) is 0 Å². The van der Waals surface area contributed by atoms with E-state index >= 15 is 0 Å². The van der Waals surface area contributed by atoms with Crippen LogP contribution in [0.5, 0.6) is 0 Å². The third kappa shape index (κ3) is 4.15. The third-order valence-electron chi connectivity index (χ3n) is 4.06. The van der Waals surface area contributed by atoms with E-state index < -0.39 is 5.97 Å². The maximum atomic E-state index is 12.7. The van der Waals surface area contributed by atoms with Gasteiger partial charge >= 0.3 is 5.97 Å². The van der Waals surface area contributed by atoms with Crippen LogP contribution < -0.4 is 5.56 Å². The average molecular weight is 342 g/mol. The first-order valence-electron chi connectivity index (χ1n) is 8.17. The lowest BCUT2D eigenvalue weighted by Crippen LogP contribution is -2.36. The van der Waals surface area contributed by atoms with Gasteiger partial charge in [-0.1, -0.05) is 12.1 Å². The Hall–Kier alpha value is -2.89. The molecule has 1 amide bonds. The Labute approximate surface area is 146 Å². The number of nitrogens with zero attached hydrogens (tertiary/aromatic N) is 2. The molecule has 0 bridgehead atoms. The van der Waals surface area contributed by atoms with Gasteiger partial charge < -0.3 is 14.2 Å². The molecule has 0 fully saturated rings. The van der Waals surface area contributed by atoms with Gasteiger partial charge in [-0.05, 0) is 43.7 Å². The Bertz CT molecular complexity index is 805. The van der Waals surface area contributed by atoms with Crippen molar-refractivity contribution in [2.75, 3.05) is 20.2 Å². The van der Waals surface area contributed by atoms with Gasteiger partial charge in [0.25, 0.3) is 5.56 Å². The number of rotatable bonds is 6. The quantitative estimate of drug-likeness (QED) is 0.755. The van der Waals surface area contributed by atoms with Crippen LogP contribution in [0.15, 0.2) is 47.4 Å². The molecule has 1 aromatic heterocycles. The number of likely N-dealkylation sites (N-methyl/N-ethyl adjacent to an activating group) is 1. The zero-order chi connectivity index (χ0) is 18.4. The van der Waals surface area contributed by atoms with Crippen molar-refractivity contribution in [1.82, 2.24) is 9.47 Å². The number of methoxy groups -OCH3 is 1. The summed E-state index contributed by atoms with van der Waals surface area (Å²) >= 11 is 0. The fourth-order valence-electron chi connectivity index (χ4n) is 2.61. The second-order valence-corrected chi connectivity index (χ2v) is 5.49. The summed E-state index contributed by atoms with van der Waals surface area (Å²) in [6.07, 6.45) is 1.61.